The molecule has 0 unspecified atom stereocenters. The molecule has 1 aromatic heterocycles. The zero-order valence-electron chi connectivity index (χ0n) is 22.7. The lowest BCUT2D eigenvalue weighted by Crippen LogP contribution is -2.39. The van der Waals surface area contributed by atoms with Crippen LogP contribution < -0.4 is 24.4 Å². The van der Waals surface area contributed by atoms with Crippen molar-refractivity contribution in [3.63, 3.8) is 0 Å². The number of hydrogen-bond donors (Lipinski definition) is 0. The highest BCUT2D eigenvalue weighted by Crippen LogP contribution is 2.32. The normalized spacial score (nSPS) is 15.3. The summed E-state index contributed by atoms with van der Waals surface area (Å²) in [6, 6.07) is 13.0. The fourth-order valence-corrected chi connectivity index (χ4v) is 5.53. The van der Waals surface area contributed by atoms with Crippen molar-refractivity contribution < 1.29 is 19.0 Å². The van der Waals surface area contributed by atoms with Crippen molar-refractivity contribution in [1.82, 2.24) is 4.57 Å². The number of benzene rings is 2. The Labute approximate surface area is 226 Å². The molecule has 0 radical (unpaired) electrons. The molecule has 2 heterocycles. The summed E-state index contributed by atoms with van der Waals surface area (Å²) in [5.41, 5.74) is 3.53. The molecule has 7 nitrogen and oxygen atoms in total. The van der Waals surface area contributed by atoms with Gasteiger partial charge in [-0.05, 0) is 68.5 Å². The van der Waals surface area contributed by atoms with Gasteiger partial charge in [-0.25, -0.2) is 9.79 Å². The van der Waals surface area contributed by atoms with E-state index in [2.05, 4.69) is 18.8 Å². The minimum Gasteiger partial charge on any atom is -0.490 e. The average molecular weight is 535 g/mol. The molecule has 1 aliphatic heterocycles. The van der Waals surface area contributed by atoms with E-state index in [1.807, 2.05) is 62.4 Å². The number of thiazole rings is 1. The Hall–Kier alpha value is -3.65. The van der Waals surface area contributed by atoms with Gasteiger partial charge in [0.05, 0.1) is 41.7 Å². The molecule has 38 heavy (non-hydrogen) atoms. The highest BCUT2D eigenvalue weighted by atomic mass is 32.1. The zero-order chi connectivity index (χ0) is 27.4. The third kappa shape index (κ3) is 5.45. The van der Waals surface area contributed by atoms with Crippen LogP contribution >= 0.6 is 11.3 Å². The Morgan fingerprint density at radius 2 is 1.71 bits per heavy atom. The SMILES string of the molecule is CCOC(=O)C1=C(C)N=c2s/c(=C\c3ccc(OCC)c(OCC)c3)c(=O)n2[C@H]1c1ccc(C(C)C)cc1. The Bertz CT molecular complexity index is 1530. The van der Waals surface area contributed by atoms with Crippen LogP contribution in [0.25, 0.3) is 6.08 Å². The second-order valence-corrected chi connectivity index (χ2v) is 10.2. The molecule has 1 atom stereocenters. The van der Waals surface area contributed by atoms with Crippen LogP contribution in [0.5, 0.6) is 11.5 Å². The molecule has 0 amide bonds. The number of ether oxygens (including phenoxy) is 3. The molecule has 0 saturated carbocycles. The van der Waals surface area contributed by atoms with E-state index in [1.54, 1.807) is 18.4 Å². The average Bonchev–Trinajstić information content (AvgIpc) is 3.19. The van der Waals surface area contributed by atoms with Crippen molar-refractivity contribution in [2.24, 2.45) is 4.99 Å². The van der Waals surface area contributed by atoms with Gasteiger partial charge in [-0.15, -0.1) is 0 Å². The van der Waals surface area contributed by atoms with Gasteiger partial charge in [-0.3, -0.25) is 9.36 Å². The van der Waals surface area contributed by atoms with E-state index in [4.69, 9.17) is 14.2 Å². The molecule has 0 spiro atoms. The van der Waals surface area contributed by atoms with Crippen molar-refractivity contribution in [3.05, 3.63) is 90.1 Å². The van der Waals surface area contributed by atoms with Crippen LogP contribution in [0.1, 0.15) is 70.2 Å². The summed E-state index contributed by atoms with van der Waals surface area (Å²) < 4.78 is 18.9. The monoisotopic (exact) mass is 534 g/mol. The van der Waals surface area contributed by atoms with Crippen LogP contribution in [0.4, 0.5) is 0 Å². The Morgan fingerprint density at radius 3 is 2.34 bits per heavy atom. The number of allylic oxidation sites excluding steroid dienone is 1. The summed E-state index contributed by atoms with van der Waals surface area (Å²) in [7, 11) is 0. The van der Waals surface area contributed by atoms with Crippen molar-refractivity contribution in [3.8, 4) is 11.5 Å². The van der Waals surface area contributed by atoms with E-state index in [0.717, 1.165) is 11.1 Å². The van der Waals surface area contributed by atoms with E-state index < -0.39 is 12.0 Å². The van der Waals surface area contributed by atoms with Crippen LogP contribution in [0.2, 0.25) is 0 Å². The minimum atomic E-state index is -0.632. The predicted molar refractivity (Wildman–Crippen MR) is 150 cm³/mol. The number of fused-ring (bicyclic) bond motifs is 1. The number of nitrogens with zero attached hydrogens (tertiary/aromatic N) is 2. The largest absolute Gasteiger partial charge is 0.490 e. The van der Waals surface area contributed by atoms with Gasteiger partial charge in [0.15, 0.2) is 16.3 Å². The van der Waals surface area contributed by atoms with Gasteiger partial charge in [-0.1, -0.05) is 55.5 Å². The van der Waals surface area contributed by atoms with Gasteiger partial charge < -0.3 is 14.2 Å². The summed E-state index contributed by atoms with van der Waals surface area (Å²) in [6.45, 7) is 12.9. The molecule has 0 bridgehead atoms. The number of rotatable bonds is 9. The summed E-state index contributed by atoms with van der Waals surface area (Å²) in [6.07, 6.45) is 1.82. The Balaban J connectivity index is 1.88. The van der Waals surface area contributed by atoms with E-state index in [-0.39, 0.29) is 12.2 Å². The molecule has 0 fully saturated rings. The highest BCUT2D eigenvalue weighted by Gasteiger charge is 2.33. The molecule has 2 aromatic carbocycles. The maximum atomic E-state index is 13.8. The van der Waals surface area contributed by atoms with Gasteiger partial charge in [0.1, 0.15) is 0 Å². The van der Waals surface area contributed by atoms with Gasteiger partial charge >= 0.3 is 5.97 Å². The summed E-state index contributed by atoms with van der Waals surface area (Å²) in [5, 5.41) is 0. The van der Waals surface area contributed by atoms with E-state index in [0.29, 0.717) is 51.2 Å². The molecular formula is C30H34N2O5S. The number of carbonyl (C=O) groups is 1. The Kier molecular flexibility index (Phi) is 8.52. The topological polar surface area (TPSA) is 79.1 Å². The fraction of sp³-hybridized carbons (Fsp3) is 0.367. The number of aromatic nitrogens is 1. The lowest BCUT2D eigenvalue weighted by atomic mass is 9.93. The quantitative estimate of drug-likeness (QED) is 0.371. The molecule has 1 aliphatic rings. The van der Waals surface area contributed by atoms with Gasteiger partial charge in [0.2, 0.25) is 0 Å². The van der Waals surface area contributed by atoms with Crippen molar-refractivity contribution >= 4 is 23.4 Å². The van der Waals surface area contributed by atoms with Crippen LogP contribution in [-0.4, -0.2) is 30.4 Å². The van der Waals surface area contributed by atoms with Gasteiger partial charge in [0, 0.05) is 0 Å². The molecule has 200 valence electrons. The number of carbonyl (C=O) groups excluding carboxylic acids is 1. The lowest BCUT2D eigenvalue weighted by Gasteiger charge is -2.25. The second kappa shape index (κ2) is 11.8. The third-order valence-electron chi connectivity index (χ3n) is 6.30. The molecular weight excluding hydrogens is 500 g/mol. The highest BCUT2D eigenvalue weighted by molar-refractivity contribution is 7.07. The molecule has 0 N–H and O–H groups in total. The van der Waals surface area contributed by atoms with Crippen LogP contribution in [0.15, 0.2) is 63.5 Å². The number of hydrogen-bond acceptors (Lipinski definition) is 7. The van der Waals surface area contributed by atoms with Gasteiger partial charge in [0.25, 0.3) is 5.56 Å². The third-order valence-corrected chi connectivity index (χ3v) is 7.28. The summed E-state index contributed by atoms with van der Waals surface area (Å²) in [4.78, 5) is 32.1. The minimum absolute atomic E-state index is 0.215. The first-order chi connectivity index (χ1) is 18.3. The van der Waals surface area contributed by atoms with E-state index >= 15 is 0 Å². The first-order valence-corrected chi connectivity index (χ1v) is 13.8. The van der Waals surface area contributed by atoms with Crippen LogP contribution in [-0.2, 0) is 9.53 Å². The molecule has 3 aromatic rings. The molecule has 0 aliphatic carbocycles. The van der Waals surface area contributed by atoms with Crippen molar-refractivity contribution in [2.45, 2.75) is 53.5 Å². The fourth-order valence-electron chi connectivity index (χ4n) is 4.48. The van der Waals surface area contributed by atoms with E-state index in [1.165, 1.54) is 16.9 Å². The summed E-state index contributed by atoms with van der Waals surface area (Å²) in [5.74, 6) is 1.18. The predicted octanol–water partition coefficient (Wildman–Crippen LogP) is 4.72. The van der Waals surface area contributed by atoms with E-state index in [9.17, 15) is 9.59 Å². The van der Waals surface area contributed by atoms with Gasteiger partial charge in [-0.2, -0.15) is 0 Å². The van der Waals surface area contributed by atoms with Crippen molar-refractivity contribution in [1.29, 1.82) is 0 Å². The Morgan fingerprint density at radius 1 is 1.03 bits per heavy atom. The lowest BCUT2D eigenvalue weighted by molar-refractivity contribution is -0.139. The molecule has 8 heteroatoms. The molecule has 4 rings (SSSR count). The van der Waals surface area contributed by atoms with Crippen LogP contribution in [0.3, 0.4) is 0 Å². The molecule has 0 saturated heterocycles. The van der Waals surface area contributed by atoms with Crippen LogP contribution in [0, 0.1) is 0 Å². The van der Waals surface area contributed by atoms with Crippen molar-refractivity contribution in [2.75, 3.05) is 19.8 Å². The maximum absolute atomic E-state index is 13.8. The first-order valence-electron chi connectivity index (χ1n) is 13.0. The standard InChI is InChI=1S/C30H34N2O5S/c1-7-35-23-15-10-20(16-24(23)36-8-2)17-25-28(33)32-27(22-13-11-21(12-14-22)18(4)5)26(29(34)37-9-3)19(6)31-30(32)38-25/h10-18,27H,7-9H2,1-6H3/b25-17-/t27-/m0/s1. The number of esters is 1. The summed E-state index contributed by atoms with van der Waals surface area (Å²) >= 11 is 1.30. The first kappa shape index (κ1) is 27.4. The second-order valence-electron chi connectivity index (χ2n) is 9.20. The zero-order valence-corrected chi connectivity index (χ0v) is 23.6. The maximum Gasteiger partial charge on any atom is 0.338 e. The smallest absolute Gasteiger partial charge is 0.338 e.